The number of fused-ring (bicyclic) bond motifs is 5. The van der Waals surface area contributed by atoms with Gasteiger partial charge in [-0.15, -0.1) is 0 Å². The summed E-state index contributed by atoms with van der Waals surface area (Å²) in [6.07, 6.45) is 16.9. The van der Waals surface area contributed by atoms with Gasteiger partial charge in [0.05, 0.1) is 19.3 Å². The van der Waals surface area contributed by atoms with Crippen LogP contribution < -0.4 is 5.32 Å². The summed E-state index contributed by atoms with van der Waals surface area (Å²) in [5.74, 6) is 4.20. The molecule has 0 saturated heterocycles. The number of amides is 1. The van der Waals surface area contributed by atoms with Gasteiger partial charge < -0.3 is 27.5 Å². The first-order chi connectivity index (χ1) is 19.4. The van der Waals surface area contributed by atoms with Crippen molar-refractivity contribution in [3.63, 3.8) is 0 Å². The maximum atomic E-state index is 12.5. The van der Waals surface area contributed by atoms with Gasteiger partial charge in [0, 0.05) is 34.0 Å². The van der Waals surface area contributed by atoms with Gasteiger partial charge in [0.2, 0.25) is 0 Å². The van der Waals surface area contributed by atoms with Crippen LogP contribution in [0.25, 0.3) is 12.3 Å². The summed E-state index contributed by atoms with van der Waals surface area (Å²) < 4.78 is 5.84. The van der Waals surface area contributed by atoms with Crippen LogP contribution in [0.2, 0.25) is 0 Å². The molecule has 8 atom stereocenters. The Kier molecular flexibility index (Phi) is 16.3. The molecule has 4 aliphatic carbocycles. The van der Waals surface area contributed by atoms with E-state index in [4.69, 9.17) is 9.84 Å². The van der Waals surface area contributed by atoms with Crippen molar-refractivity contribution >= 4 is 17.8 Å². The van der Waals surface area contributed by atoms with Gasteiger partial charge in [0.1, 0.15) is 6.10 Å². The second-order valence-electron chi connectivity index (χ2n) is 15.1. The fourth-order valence-electron chi connectivity index (χ4n) is 9.80. The number of carbonyl (C=O) groups excluding carboxylic acids is 2. The Morgan fingerprint density at radius 1 is 1.00 bits per heavy atom. The third kappa shape index (κ3) is 9.41. The van der Waals surface area contributed by atoms with Crippen LogP contribution in [-0.4, -0.2) is 40.4 Å². The van der Waals surface area contributed by atoms with Crippen LogP contribution in [0.5, 0.6) is 0 Å². The normalized spacial score (nSPS) is 32.7. The van der Waals surface area contributed by atoms with E-state index in [0.29, 0.717) is 24.8 Å². The molecule has 0 heterocycles. The van der Waals surface area contributed by atoms with E-state index < -0.39 is 5.97 Å². The molecule has 0 bridgehead atoms. The van der Waals surface area contributed by atoms with Crippen LogP contribution in [0, 0.1) is 46.3 Å². The van der Waals surface area contributed by atoms with Crippen molar-refractivity contribution in [3.8, 4) is 0 Å². The molecule has 7 N–H and O–H groups in total. The SMILES string of the molecule is CC(C)CCC[C@@H](C)[C@H]1CC[C@H]2[C@@H]3CC=C4C[C@@H](OC(=O)NCCCC(=[OH+])CCC(=O)O)CC[C@]4(C)[C@H]3CC[C@]12C.[NH2-].[NH2-].[Pt]. The van der Waals surface area contributed by atoms with Gasteiger partial charge >= 0.3 is 12.1 Å². The Labute approximate surface area is 281 Å². The number of hydrogen-bond acceptors (Lipinski definition) is 3. The molecule has 0 aromatic rings. The van der Waals surface area contributed by atoms with Crippen LogP contribution in [-0.2, 0) is 30.6 Å². The van der Waals surface area contributed by atoms with E-state index in [1.54, 1.807) is 0 Å². The molecule has 4 rings (SSSR count). The number of rotatable bonds is 13. The summed E-state index contributed by atoms with van der Waals surface area (Å²) in [5.41, 5.74) is 2.27. The zero-order chi connectivity index (χ0) is 29.8. The summed E-state index contributed by atoms with van der Waals surface area (Å²) in [7, 11) is 0. The summed E-state index contributed by atoms with van der Waals surface area (Å²) in [4.78, 5) is 32.9. The fraction of sp³-hybridized carbons (Fsp3) is 0.857. The molecule has 44 heavy (non-hydrogen) atoms. The molecule has 0 radical (unpaired) electrons. The van der Waals surface area contributed by atoms with E-state index in [1.807, 2.05) is 0 Å². The standard InChI is InChI=1S/C35H57NO5.2H2N.Pt/c1-23(2)8-6-9-24(3)29-14-15-30-28-13-11-25-22-27(17-19-34(25,4)31(28)18-20-35(29,30)5)41-33(40)36-21-7-10-26(37)12-16-32(38)39;;;/h11,23-24,27-31H,6-10,12-22H2,1-5H3,(H,36,40)(H,38,39);2*1H2;/q;2*-1;/p+1/t24-,27+,28+,29-,30+,31+,34+,35-;;;/m1.../s1. The summed E-state index contributed by atoms with van der Waals surface area (Å²) in [5, 5.41) is 11.5. The zero-order valence-electron chi connectivity index (χ0n) is 28.0. The number of carbonyl (C=O) groups is 2. The molecule has 0 aliphatic heterocycles. The van der Waals surface area contributed by atoms with Crippen molar-refractivity contribution in [2.24, 2.45) is 46.3 Å². The summed E-state index contributed by atoms with van der Waals surface area (Å²) in [6, 6.07) is 0. The van der Waals surface area contributed by atoms with Crippen LogP contribution >= 0.6 is 0 Å². The van der Waals surface area contributed by atoms with E-state index in [1.165, 1.54) is 56.9 Å². The van der Waals surface area contributed by atoms with Gasteiger partial charge in [-0.2, -0.15) is 0 Å². The second-order valence-corrected chi connectivity index (χ2v) is 15.1. The molecule has 8 nitrogen and oxygen atoms in total. The van der Waals surface area contributed by atoms with Gasteiger partial charge in [0.15, 0.2) is 0 Å². The van der Waals surface area contributed by atoms with Crippen molar-refractivity contribution < 1.29 is 45.3 Å². The number of nitrogens with two attached hydrogens (primary N) is 2. The third-order valence-electron chi connectivity index (χ3n) is 12.1. The quantitative estimate of drug-likeness (QED) is 0.108. The van der Waals surface area contributed by atoms with E-state index >= 15 is 0 Å². The number of ether oxygens (including phenoxy) is 1. The van der Waals surface area contributed by atoms with E-state index in [2.05, 4.69) is 46.0 Å². The van der Waals surface area contributed by atoms with Crippen molar-refractivity contribution in [2.45, 2.75) is 137 Å². The second kappa shape index (κ2) is 17.6. The Morgan fingerprint density at radius 2 is 1.73 bits per heavy atom. The number of aliphatic carboxylic acids is 1. The first-order valence-corrected chi connectivity index (χ1v) is 16.8. The monoisotopic (exact) mass is 799 g/mol. The maximum Gasteiger partial charge on any atom is 0.407 e. The Morgan fingerprint density at radius 3 is 2.41 bits per heavy atom. The molecule has 1 amide bonds. The third-order valence-corrected chi connectivity index (χ3v) is 12.1. The Balaban J connectivity index is 0.00000323. The van der Waals surface area contributed by atoms with E-state index in [0.717, 1.165) is 54.8 Å². The number of alkyl carbamates (subject to hydrolysis) is 1. The molecule has 4 aliphatic rings. The Bertz CT molecular complexity index is 989. The predicted octanol–water partition coefficient (Wildman–Crippen LogP) is 9.74. The average Bonchev–Trinajstić information content (AvgIpc) is 3.27. The Hall–Kier alpha value is -1.24. The molecule has 0 unspecified atom stereocenters. The smallest absolute Gasteiger partial charge is 0.407 e. The van der Waals surface area contributed by atoms with Crippen molar-refractivity contribution in [1.82, 2.24) is 5.32 Å². The molecule has 9 heteroatoms. The minimum atomic E-state index is -0.919. The molecule has 3 saturated carbocycles. The van der Waals surface area contributed by atoms with Gasteiger partial charge in [0.25, 0.3) is 5.78 Å². The van der Waals surface area contributed by atoms with Gasteiger partial charge in [-0.3, -0.25) is 9.59 Å². The minimum absolute atomic E-state index is 0. The number of allylic oxidation sites excluding steroid dienone is 1. The van der Waals surface area contributed by atoms with Crippen molar-refractivity contribution in [3.05, 3.63) is 24.0 Å². The minimum Gasteiger partial charge on any atom is -0.693 e. The van der Waals surface area contributed by atoms with Crippen LogP contribution in [0.3, 0.4) is 0 Å². The van der Waals surface area contributed by atoms with Crippen LogP contribution in [0.4, 0.5) is 4.79 Å². The molecule has 0 aromatic carbocycles. The molecule has 0 spiro atoms. The molecule has 258 valence electrons. The van der Waals surface area contributed by atoms with Gasteiger partial charge in [-0.25, -0.2) is 4.79 Å². The maximum absolute atomic E-state index is 12.5. The van der Waals surface area contributed by atoms with Crippen LogP contribution in [0.1, 0.15) is 131 Å². The summed E-state index contributed by atoms with van der Waals surface area (Å²) in [6.45, 7) is 12.8. The van der Waals surface area contributed by atoms with Crippen LogP contribution in [0.15, 0.2) is 11.6 Å². The first kappa shape index (κ1) is 40.8. The predicted molar refractivity (Wildman–Crippen MR) is 175 cm³/mol. The molecule has 0 aromatic heterocycles. The van der Waals surface area contributed by atoms with Gasteiger partial charge in [-0.05, 0) is 97.7 Å². The first-order valence-electron chi connectivity index (χ1n) is 16.8. The average molecular weight is 800 g/mol. The number of nitrogens with one attached hydrogen (secondary N) is 1. The molecular weight excluding hydrogens is 737 g/mol. The fourth-order valence-corrected chi connectivity index (χ4v) is 9.80. The topological polar surface area (TPSA) is 164 Å². The van der Waals surface area contributed by atoms with Crippen molar-refractivity contribution in [2.75, 3.05) is 6.54 Å². The molecular formula is C35H62N3O5Pt-. The van der Waals surface area contributed by atoms with Crippen molar-refractivity contribution in [1.29, 1.82) is 0 Å². The number of carboxylic acid groups (broad SMARTS) is 1. The zero-order valence-corrected chi connectivity index (χ0v) is 30.3. The van der Waals surface area contributed by atoms with E-state index in [-0.39, 0.29) is 69.6 Å². The van der Waals surface area contributed by atoms with E-state index in [9.17, 15) is 14.4 Å². The number of ketones is 1. The van der Waals surface area contributed by atoms with Gasteiger partial charge in [-0.1, -0.05) is 65.5 Å². The summed E-state index contributed by atoms with van der Waals surface area (Å²) >= 11 is 0. The molecule has 3 fully saturated rings. The largest absolute Gasteiger partial charge is 0.693 e. The number of hydrogen-bond donors (Lipinski definition) is 2. The number of carboxylic acids is 1.